The third-order valence-corrected chi connectivity index (χ3v) is 7.47. The van der Waals surface area contributed by atoms with Gasteiger partial charge in [0.25, 0.3) is 10.0 Å². The Morgan fingerprint density at radius 1 is 1.13 bits per heavy atom. The van der Waals surface area contributed by atoms with Crippen LogP contribution in [0.2, 0.25) is 0 Å². The maximum absolute atomic E-state index is 13.4. The number of rotatable bonds is 7. The van der Waals surface area contributed by atoms with Gasteiger partial charge in [-0.1, -0.05) is 0 Å². The highest BCUT2D eigenvalue weighted by Crippen LogP contribution is 2.31. The second-order valence-electron chi connectivity index (χ2n) is 8.87. The number of carbonyl (C=O) groups excluding carboxylic acids is 3. The first kappa shape index (κ1) is 28.0. The molecule has 2 heterocycles. The maximum Gasteiger partial charge on any atom is 0.416 e. The van der Waals surface area contributed by atoms with Crippen molar-refractivity contribution in [1.82, 2.24) is 14.9 Å². The summed E-state index contributed by atoms with van der Waals surface area (Å²) in [6, 6.07) is 6.30. The van der Waals surface area contributed by atoms with Gasteiger partial charge in [0.2, 0.25) is 16.9 Å². The first-order valence-electron chi connectivity index (χ1n) is 11.4. The quantitative estimate of drug-likeness (QED) is 0.420. The number of anilines is 1. The van der Waals surface area contributed by atoms with Crippen molar-refractivity contribution in [2.45, 2.75) is 24.2 Å². The fraction of sp³-hybridized carbons (Fsp3) is 0.292. The van der Waals surface area contributed by atoms with E-state index in [9.17, 15) is 40.4 Å². The Hall–Kier alpha value is -3.98. The number of sulfonamides is 1. The summed E-state index contributed by atoms with van der Waals surface area (Å²) in [5.74, 6) is -2.98. The number of carbonyl (C=O) groups is 3. The van der Waals surface area contributed by atoms with Gasteiger partial charge < -0.3 is 9.73 Å². The van der Waals surface area contributed by atoms with Crippen molar-refractivity contribution in [1.29, 1.82) is 0 Å². The van der Waals surface area contributed by atoms with Crippen LogP contribution in [-0.4, -0.2) is 57.3 Å². The van der Waals surface area contributed by atoms with Crippen LogP contribution in [0.25, 0.3) is 11.0 Å². The number of hydrogen-bond donors (Lipinski definition) is 2. The Labute approximate surface area is 219 Å². The third-order valence-electron chi connectivity index (χ3n) is 6.08. The maximum atomic E-state index is 13.4. The molecule has 1 unspecified atom stereocenters. The number of nitrogens with one attached hydrogen (secondary N) is 2. The Morgan fingerprint density at radius 2 is 1.79 bits per heavy atom. The lowest BCUT2D eigenvalue weighted by Gasteiger charge is -2.37. The fourth-order valence-electron chi connectivity index (χ4n) is 3.97. The number of nitrogens with zero attached hydrogens (tertiary/aromatic N) is 2. The van der Waals surface area contributed by atoms with Gasteiger partial charge in [-0.05, 0) is 49.4 Å². The number of alkyl halides is 3. The molecule has 15 heteroatoms. The van der Waals surface area contributed by atoms with E-state index < -0.39 is 62.5 Å². The molecule has 0 radical (unpaired) electrons. The van der Waals surface area contributed by atoms with E-state index in [0.29, 0.717) is 0 Å². The minimum absolute atomic E-state index is 0.121. The van der Waals surface area contributed by atoms with Crippen LogP contribution in [0.5, 0.6) is 0 Å². The van der Waals surface area contributed by atoms with Gasteiger partial charge in [-0.15, -0.1) is 0 Å². The molecular formula is C24H22F4N4O6S. The van der Waals surface area contributed by atoms with Crippen LogP contribution in [0, 0.1) is 11.7 Å². The predicted octanol–water partition coefficient (Wildman–Crippen LogP) is 3.09. The van der Waals surface area contributed by atoms with Gasteiger partial charge in [-0.2, -0.15) is 17.9 Å². The van der Waals surface area contributed by atoms with Crippen LogP contribution in [0.4, 0.5) is 28.0 Å². The molecule has 1 fully saturated rings. The molecule has 2 atom stereocenters. The minimum Gasteiger partial charge on any atom is -0.443 e. The zero-order chi connectivity index (χ0) is 28.7. The lowest BCUT2D eigenvalue weighted by atomic mass is 10.0. The number of hydrogen-bond acceptors (Lipinski definition) is 6. The summed E-state index contributed by atoms with van der Waals surface area (Å²) in [6.45, 7) is 0.730. The van der Waals surface area contributed by atoms with E-state index in [1.54, 1.807) is 0 Å². The Morgan fingerprint density at radius 3 is 2.44 bits per heavy atom. The molecule has 1 saturated heterocycles. The fourth-order valence-corrected chi connectivity index (χ4v) is 5.14. The van der Waals surface area contributed by atoms with Gasteiger partial charge in [-0.25, -0.2) is 17.6 Å². The Balaban J connectivity index is 1.41. The second kappa shape index (κ2) is 10.3. The van der Waals surface area contributed by atoms with E-state index in [1.807, 2.05) is 0 Å². The number of benzene rings is 2. The molecule has 1 aliphatic heterocycles. The zero-order valence-corrected chi connectivity index (χ0v) is 21.3. The number of furan rings is 1. The number of amides is 4. The zero-order valence-electron chi connectivity index (χ0n) is 20.5. The summed E-state index contributed by atoms with van der Waals surface area (Å²) in [4.78, 5) is 39.7. The molecule has 4 amide bonds. The van der Waals surface area contributed by atoms with Crippen LogP contribution < -0.4 is 14.9 Å². The van der Waals surface area contributed by atoms with Crippen molar-refractivity contribution in [3.05, 3.63) is 59.9 Å². The average Bonchev–Trinajstić information content (AvgIpc) is 3.30. The topological polar surface area (TPSA) is 129 Å². The van der Waals surface area contributed by atoms with E-state index in [2.05, 4.69) is 10.0 Å². The Bertz CT molecular complexity index is 1540. The molecule has 39 heavy (non-hydrogen) atoms. The average molecular weight is 571 g/mol. The van der Waals surface area contributed by atoms with Crippen molar-refractivity contribution in [3.8, 4) is 0 Å². The largest absolute Gasteiger partial charge is 0.443 e. The lowest BCUT2D eigenvalue weighted by molar-refractivity contribution is -0.137. The molecule has 4 rings (SSSR count). The van der Waals surface area contributed by atoms with Crippen molar-refractivity contribution in [3.63, 3.8) is 0 Å². The van der Waals surface area contributed by atoms with E-state index >= 15 is 0 Å². The molecule has 0 saturated carbocycles. The number of fused-ring (bicyclic) bond motifs is 1. The first-order chi connectivity index (χ1) is 18.2. The van der Waals surface area contributed by atoms with Crippen molar-refractivity contribution < 1.29 is 44.8 Å². The number of imide groups is 1. The van der Waals surface area contributed by atoms with E-state index in [-0.39, 0.29) is 29.7 Å². The SMILES string of the molecule is C[C@H](NS(=O)(=O)c1cc2cc(F)ccc2o1)C(=O)NCC1CN(c2ccc(C(F)(F)F)cc2)C(=O)N(C)C1=O. The molecule has 208 valence electrons. The van der Waals surface area contributed by atoms with E-state index in [0.717, 1.165) is 52.3 Å². The van der Waals surface area contributed by atoms with Gasteiger partial charge in [0.1, 0.15) is 11.4 Å². The molecule has 1 aliphatic rings. The molecule has 0 aliphatic carbocycles. The molecule has 3 aromatic rings. The highest BCUT2D eigenvalue weighted by molar-refractivity contribution is 7.89. The molecule has 0 spiro atoms. The van der Waals surface area contributed by atoms with Gasteiger partial charge in [0, 0.05) is 37.3 Å². The van der Waals surface area contributed by atoms with Crippen LogP contribution in [0.15, 0.2) is 58.0 Å². The van der Waals surface area contributed by atoms with Crippen LogP contribution >= 0.6 is 0 Å². The molecule has 10 nitrogen and oxygen atoms in total. The number of urea groups is 1. The molecule has 1 aromatic heterocycles. The normalized spacial score (nSPS) is 17.5. The monoisotopic (exact) mass is 570 g/mol. The molecule has 2 aromatic carbocycles. The molecular weight excluding hydrogens is 548 g/mol. The standard InChI is InChI=1S/C24H22F4N4O6S/c1-13(30-39(36,37)20-10-14-9-17(25)5-8-19(14)38-20)21(33)29-11-15-12-32(23(35)31(2)22(15)34)18-6-3-16(4-7-18)24(26,27)28/h3-10,13,15,30H,11-12H2,1-2H3,(H,29,33)/t13-,15?/m0/s1. The van der Waals surface area contributed by atoms with Gasteiger partial charge >= 0.3 is 12.2 Å². The lowest BCUT2D eigenvalue weighted by Crippen LogP contribution is -2.58. The summed E-state index contributed by atoms with van der Waals surface area (Å²) >= 11 is 0. The summed E-state index contributed by atoms with van der Waals surface area (Å²) < 4.78 is 84.8. The van der Waals surface area contributed by atoms with Gasteiger partial charge in [-0.3, -0.25) is 19.4 Å². The van der Waals surface area contributed by atoms with Gasteiger partial charge in [0.05, 0.1) is 17.5 Å². The summed E-state index contributed by atoms with van der Waals surface area (Å²) in [7, 11) is -3.12. The Kier molecular flexibility index (Phi) is 7.40. The van der Waals surface area contributed by atoms with Crippen molar-refractivity contribution in [2.24, 2.45) is 5.92 Å². The van der Waals surface area contributed by atoms with Crippen LogP contribution in [-0.2, 0) is 25.8 Å². The minimum atomic E-state index is -4.56. The third kappa shape index (κ3) is 5.88. The van der Waals surface area contributed by atoms with Crippen molar-refractivity contribution in [2.75, 3.05) is 25.0 Å². The van der Waals surface area contributed by atoms with E-state index in [1.165, 1.54) is 20.0 Å². The molecule has 0 bridgehead atoms. The highest BCUT2D eigenvalue weighted by Gasteiger charge is 2.38. The highest BCUT2D eigenvalue weighted by atomic mass is 32.2. The van der Waals surface area contributed by atoms with Gasteiger partial charge in [0.15, 0.2) is 0 Å². The second-order valence-corrected chi connectivity index (χ2v) is 10.5. The molecule has 2 N–H and O–H groups in total. The first-order valence-corrected chi connectivity index (χ1v) is 12.9. The smallest absolute Gasteiger partial charge is 0.416 e. The van der Waals surface area contributed by atoms with Crippen LogP contribution in [0.3, 0.4) is 0 Å². The van der Waals surface area contributed by atoms with E-state index in [4.69, 9.17) is 4.42 Å². The summed E-state index contributed by atoms with van der Waals surface area (Å²) in [5.41, 5.74) is -0.660. The van der Waals surface area contributed by atoms with Crippen LogP contribution in [0.1, 0.15) is 12.5 Å². The number of halogens is 4. The van der Waals surface area contributed by atoms with Crippen molar-refractivity contribution >= 4 is 44.5 Å². The predicted molar refractivity (Wildman–Crippen MR) is 129 cm³/mol. The summed E-state index contributed by atoms with van der Waals surface area (Å²) in [6.07, 6.45) is -4.56. The summed E-state index contributed by atoms with van der Waals surface area (Å²) in [5, 5.41) is 2.12.